The van der Waals surface area contributed by atoms with E-state index < -0.39 is 11.8 Å². The number of para-hydroxylation sites is 1. The van der Waals surface area contributed by atoms with Crippen LogP contribution in [0.15, 0.2) is 41.3 Å². The lowest BCUT2D eigenvalue weighted by molar-refractivity contribution is 0.136. The van der Waals surface area contributed by atoms with Gasteiger partial charge >= 0.3 is 11.8 Å². The third-order valence-electron chi connectivity index (χ3n) is 7.39. The van der Waals surface area contributed by atoms with Crippen LogP contribution in [0.1, 0.15) is 43.5 Å². The zero-order chi connectivity index (χ0) is 28.9. The Balaban J connectivity index is 1.85. The van der Waals surface area contributed by atoms with Crippen LogP contribution in [0, 0.1) is 13.8 Å². The fraction of sp³-hybridized carbons (Fsp3) is 0.345. The third-order valence-corrected chi connectivity index (χ3v) is 7.68. The van der Waals surface area contributed by atoms with E-state index in [2.05, 4.69) is 9.97 Å². The number of nitrogens with zero attached hydrogens (tertiary/aromatic N) is 6. The summed E-state index contributed by atoms with van der Waals surface area (Å²) in [6.07, 6.45) is 0.730. The number of halogens is 1. The number of hydrogen-bond acceptors (Lipinski definition) is 7. The van der Waals surface area contributed by atoms with E-state index >= 15 is 0 Å². The summed E-state index contributed by atoms with van der Waals surface area (Å²) in [5, 5.41) is 21.2. The van der Waals surface area contributed by atoms with Gasteiger partial charge in [0.05, 0.1) is 27.5 Å². The van der Waals surface area contributed by atoms with Gasteiger partial charge in [-0.25, -0.2) is 19.1 Å². The maximum absolute atomic E-state index is 13.9. The predicted octanol–water partition coefficient (Wildman–Crippen LogP) is 5.13. The van der Waals surface area contributed by atoms with Crippen molar-refractivity contribution in [2.45, 2.75) is 46.6 Å². The first-order valence-corrected chi connectivity index (χ1v) is 13.5. The number of carboxylic acid groups (broad SMARTS) is 1. The normalized spacial score (nSPS) is 15.7. The lowest BCUT2D eigenvalue weighted by Crippen LogP contribution is -2.54. The van der Waals surface area contributed by atoms with Gasteiger partial charge in [0.25, 0.3) is 0 Å². The second kappa shape index (κ2) is 10.4. The van der Waals surface area contributed by atoms with Crippen LogP contribution < -0.4 is 10.6 Å². The molecule has 1 amide bonds. The number of piperazine rings is 1. The van der Waals surface area contributed by atoms with E-state index in [0.717, 1.165) is 11.3 Å². The monoisotopic (exact) mass is 562 g/mol. The molecule has 10 nitrogen and oxygen atoms in total. The zero-order valence-corrected chi connectivity index (χ0v) is 23.8. The Bertz CT molecular complexity index is 1700. The summed E-state index contributed by atoms with van der Waals surface area (Å²) >= 11 is 6.82. The van der Waals surface area contributed by atoms with Crippen molar-refractivity contribution in [3.63, 3.8) is 0 Å². The van der Waals surface area contributed by atoms with Gasteiger partial charge in [0.2, 0.25) is 0 Å². The third kappa shape index (κ3) is 4.62. The molecule has 1 atom stereocenters. The SMILES string of the molecule is Cc1cccc(-c2nc3c(cc2Cl)c(N2CCN(C(=O)O)C[C@@H]2C)nc(=O)n3-c2c(C)ccnc2C(C)C)c1O. The highest BCUT2D eigenvalue weighted by atomic mass is 35.5. The molecule has 0 bridgehead atoms. The summed E-state index contributed by atoms with van der Waals surface area (Å²) in [6.45, 7) is 10.5. The molecule has 4 aromatic rings. The highest BCUT2D eigenvalue weighted by molar-refractivity contribution is 6.34. The molecule has 0 radical (unpaired) electrons. The molecule has 1 fully saturated rings. The van der Waals surface area contributed by atoms with Crippen LogP contribution in [0.4, 0.5) is 10.6 Å². The first kappa shape index (κ1) is 27.4. The Morgan fingerprint density at radius 1 is 1.12 bits per heavy atom. The van der Waals surface area contributed by atoms with Gasteiger partial charge in [-0.1, -0.05) is 37.6 Å². The molecule has 0 unspecified atom stereocenters. The summed E-state index contributed by atoms with van der Waals surface area (Å²) in [5.74, 6) is 0.447. The van der Waals surface area contributed by atoms with Crippen molar-refractivity contribution >= 4 is 34.5 Å². The van der Waals surface area contributed by atoms with Gasteiger partial charge in [0.1, 0.15) is 11.6 Å². The number of benzene rings is 1. The van der Waals surface area contributed by atoms with E-state index in [1.54, 1.807) is 31.3 Å². The molecule has 40 heavy (non-hydrogen) atoms. The molecule has 1 aliphatic rings. The number of aromatic hydroxyl groups is 1. The number of fused-ring (bicyclic) bond motifs is 1. The van der Waals surface area contributed by atoms with Crippen LogP contribution in [0.2, 0.25) is 5.02 Å². The molecule has 0 aliphatic carbocycles. The van der Waals surface area contributed by atoms with Crippen LogP contribution in [-0.2, 0) is 0 Å². The minimum atomic E-state index is -0.986. The molecule has 11 heteroatoms. The van der Waals surface area contributed by atoms with E-state index in [-0.39, 0.29) is 35.8 Å². The largest absolute Gasteiger partial charge is 0.507 e. The zero-order valence-electron chi connectivity index (χ0n) is 23.0. The summed E-state index contributed by atoms with van der Waals surface area (Å²) in [6, 6.07) is 8.64. The Morgan fingerprint density at radius 2 is 1.88 bits per heavy atom. The Morgan fingerprint density at radius 3 is 2.55 bits per heavy atom. The molecule has 1 aromatic carbocycles. The first-order valence-electron chi connectivity index (χ1n) is 13.1. The molecular weight excluding hydrogens is 532 g/mol. The molecule has 3 aromatic heterocycles. The maximum atomic E-state index is 13.9. The van der Waals surface area contributed by atoms with Crippen LogP contribution in [0.5, 0.6) is 5.75 Å². The number of hydrogen-bond donors (Lipinski definition) is 2. The quantitative estimate of drug-likeness (QED) is 0.351. The predicted molar refractivity (Wildman–Crippen MR) is 155 cm³/mol. The van der Waals surface area contributed by atoms with Gasteiger partial charge in [0.15, 0.2) is 5.65 Å². The molecule has 208 valence electrons. The maximum Gasteiger partial charge on any atom is 0.407 e. The fourth-order valence-corrected chi connectivity index (χ4v) is 5.55. The number of anilines is 1. The standard InChI is InChI=1S/C29H31ClN6O4/c1-15(2)22-24(16(3)9-10-31-22)36-27-20(13-21(30)23(32-27)19-8-6-7-17(4)25(19)37)26(33-28(36)38)35-12-11-34(29(39)40)14-18(35)5/h6-10,13,15,18,37H,11-12,14H2,1-5H3,(H,39,40)/t18-/m0/s1. The van der Waals surface area contributed by atoms with E-state index in [1.807, 2.05) is 44.7 Å². The van der Waals surface area contributed by atoms with Crippen LogP contribution in [0.25, 0.3) is 28.0 Å². The molecule has 5 rings (SSSR count). The van der Waals surface area contributed by atoms with Crippen LogP contribution >= 0.6 is 11.6 Å². The van der Waals surface area contributed by atoms with Crippen molar-refractivity contribution in [1.29, 1.82) is 0 Å². The average Bonchev–Trinajstić information content (AvgIpc) is 2.90. The fourth-order valence-electron chi connectivity index (χ4n) is 5.30. The highest BCUT2D eigenvalue weighted by Crippen LogP contribution is 2.39. The van der Waals surface area contributed by atoms with Crippen molar-refractivity contribution in [3.05, 3.63) is 68.9 Å². The van der Waals surface area contributed by atoms with E-state index in [9.17, 15) is 19.8 Å². The molecule has 4 heterocycles. The summed E-state index contributed by atoms with van der Waals surface area (Å²) in [7, 11) is 0. The molecule has 2 N–H and O–H groups in total. The Labute approximate surface area is 236 Å². The number of aromatic nitrogens is 4. The van der Waals surface area contributed by atoms with Gasteiger partial charge in [-0.3, -0.25) is 4.98 Å². The van der Waals surface area contributed by atoms with Gasteiger partial charge < -0.3 is 20.0 Å². The molecule has 1 saturated heterocycles. The minimum absolute atomic E-state index is 0.00762. The number of phenolic OH excluding ortho intramolecular Hbond substituents is 1. The smallest absolute Gasteiger partial charge is 0.407 e. The van der Waals surface area contributed by atoms with Crippen LogP contribution in [0.3, 0.4) is 0 Å². The number of carbonyl (C=O) groups is 1. The topological polar surface area (TPSA) is 125 Å². The number of rotatable bonds is 4. The van der Waals surface area contributed by atoms with Crippen molar-refractivity contribution in [1.82, 2.24) is 24.4 Å². The highest BCUT2D eigenvalue weighted by Gasteiger charge is 2.31. The summed E-state index contributed by atoms with van der Waals surface area (Å²) in [5.41, 5.74) is 3.37. The molecule has 0 spiro atoms. The van der Waals surface area contributed by atoms with Gasteiger partial charge in [-0.05, 0) is 56.0 Å². The van der Waals surface area contributed by atoms with Crippen molar-refractivity contribution in [3.8, 4) is 22.7 Å². The van der Waals surface area contributed by atoms with Crippen molar-refractivity contribution in [2.24, 2.45) is 0 Å². The number of pyridine rings is 2. The second-order valence-electron chi connectivity index (χ2n) is 10.5. The van der Waals surface area contributed by atoms with Gasteiger partial charge in [-0.15, -0.1) is 0 Å². The van der Waals surface area contributed by atoms with E-state index in [1.165, 1.54) is 9.47 Å². The summed E-state index contributed by atoms with van der Waals surface area (Å²) < 4.78 is 1.47. The summed E-state index contributed by atoms with van der Waals surface area (Å²) in [4.78, 5) is 42.8. The molecular formula is C29H31ClN6O4. The number of aryl methyl sites for hydroxylation is 2. The lowest BCUT2D eigenvalue weighted by atomic mass is 10.0. The average molecular weight is 563 g/mol. The molecule has 0 saturated carbocycles. The Hall–Kier alpha value is -4.18. The molecule has 1 aliphatic heterocycles. The van der Waals surface area contributed by atoms with E-state index in [0.29, 0.717) is 45.9 Å². The van der Waals surface area contributed by atoms with Crippen molar-refractivity contribution < 1.29 is 15.0 Å². The van der Waals surface area contributed by atoms with Gasteiger partial charge in [0, 0.05) is 37.4 Å². The number of phenols is 1. The lowest BCUT2D eigenvalue weighted by Gasteiger charge is -2.39. The van der Waals surface area contributed by atoms with Crippen LogP contribution in [-0.4, -0.2) is 66.4 Å². The first-order chi connectivity index (χ1) is 19.0. The van der Waals surface area contributed by atoms with E-state index in [4.69, 9.17) is 16.6 Å². The minimum Gasteiger partial charge on any atom is -0.507 e. The second-order valence-corrected chi connectivity index (χ2v) is 10.9. The number of amides is 1. The Kier molecular flexibility index (Phi) is 7.14. The van der Waals surface area contributed by atoms with Gasteiger partial charge in [-0.2, -0.15) is 4.98 Å². The van der Waals surface area contributed by atoms with Crippen molar-refractivity contribution in [2.75, 3.05) is 24.5 Å².